The van der Waals surface area contributed by atoms with Crippen LogP contribution in [0.1, 0.15) is 6.42 Å². The molecular formula is C11H15N5. The predicted octanol–water partition coefficient (Wildman–Crippen LogP) is 1.36. The number of nitrogen functional groups attached to an aromatic ring is 1. The van der Waals surface area contributed by atoms with E-state index < -0.39 is 0 Å². The Morgan fingerprint density at radius 1 is 1.25 bits per heavy atom. The van der Waals surface area contributed by atoms with Crippen molar-refractivity contribution in [2.75, 3.05) is 17.6 Å². The Kier molecular flexibility index (Phi) is 3.38. The number of anilines is 2. The Bertz CT molecular complexity index is 406. The largest absolute Gasteiger partial charge is 0.399 e. The molecule has 2 aromatic rings. The highest BCUT2D eigenvalue weighted by molar-refractivity contribution is 5.50. The number of benzene rings is 1. The first-order valence-electron chi connectivity index (χ1n) is 5.28. The maximum absolute atomic E-state index is 5.60. The number of rotatable bonds is 5. The highest BCUT2D eigenvalue weighted by atomic mass is 15.4. The van der Waals surface area contributed by atoms with Crippen molar-refractivity contribution in [1.29, 1.82) is 0 Å². The average Bonchev–Trinajstić information content (AvgIpc) is 2.80. The van der Waals surface area contributed by atoms with Crippen LogP contribution in [-0.4, -0.2) is 21.5 Å². The minimum atomic E-state index is 0.785. The van der Waals surface area contributed by atoms with E-state index in [0.717, 1.165) is 30.9 Å². The predicted molar refractivity (Wildman–Crippen MR) is 64.0 cm³/mol. The van der Waals surface area contributed by atoms with Gasteiger partial charge in [-0.3, -0.25) is 4.68 Å². The number of aromatic nitrogens is 3. The molecule has 0 spiro atoms. The quantitative estimate of drug-likeness (QED) is 0.586. The van der Waals surface area contributed by atoms with Gasteiger partial charge >= 0.3 is 0 Å². The van der Waals surface area contributed by atoms with E-state index >= 15 is 0 Å². The normalized spacial score (nSPS) is 10.2. The van der Waals surface area contributed by atoms with Gasteiger partial charge in [0.15, 0.2) is 0 Å². The van der Waals surface area contributed by atoms with Crippen molar-refractivity contribution in [3.05, 3.63) is 36.7 Å². The molecule has 0 aliphatic carbocycles. The first-order valence-corrected chi connectivity index (χ1v) is 5.28. The van der Waals surface area contributed by atoms with E-state index in [2.05, 4.69) is 15.6 Å². The maximum atomic E-state index is 5.60. The minimum Gasteiger partial charge on any atom is -0.399 e. The van der Waals surface area contributed by atoms with Gasteiger partial charge in [0.05, 0.1) is 6.20 Å². The fraction of sp³-hybridized carbons (Fsp3) is 0.273. The van der Waals surface area contributed by atoms with E-state index in [0.29, 0.717) is 0 Å². The Labute approximate surface area is 94.3 Å². The van der Waals surface area contributed by atoms with Gasteiger partial charge in [-0.15, -0.1) is 5.10 Å². The summed E-state index contributed by atoms with van der Waals surface area (Å²) in [6.45, 7) is 1.78. The summed E-state index contributed by atoms with van der Waals surface area (Å²) < 4.78 is 1.82. The molecule has 1 aromatic heterocycles. The summed E-state index contributed by atoms with van der Waals surface area (Å²) >= 11 is 0. The topological polar surface area (TPSA) is 68.8 Å². The lowest BCUT2D eigenvalue weighted by Gasteiger charge is -2.06. The second-order valence-electron chi connectivity index (χ2n) is 3.57. The van der Waals surface area contributed by atoms with Crippen LogP contribution in [0.5, 0.6) is 0 Å². The third-order valence-electron chi connectivity index (χ3n) is 2.28. The summed E-state index contributed by atoms with van der Waals surface area (Å²) in [4.78, 5) is 0. The lowest BCUT2D eigenvalue weighted by molar-refractivity contribution is 0.570. The molecular weight excluding hydrogens is 202 g/mol. The summed E-state index contributed by atoms with van der Waals surface area (Å²) in [5.74, 6) is 0. The summed E-state index contributed by atoms with van der Waals surface area (Å²) in [7, 11) is 0. The van der Waals surface area contributed by atoms with Gasteiger partial charge in [-0.25, -0.2) is 0 Å². The van der Waals surface area contributed by atoms with Gasteiger partial charge in [0.2, 0.25) is 0 Å². The molecule has 5 nitrogen and oxygen atoms in total. The van der Waals surface area contributed by atoms with Crippen molar-refractivity contribution in [2.45, 2.75) is 13.0 Å². The second-order valence-corrected chi connectivity index (χ2v) is 3.57. The van der Waals surface area contributed by atoms with Crippen molar-refractivity contribution in [3.8, 4) is 0 Å². The average molecular weight is 217 g/mol. The summed E-state index contributed by atoms with van der Waals surface area (Å²) in [6.07, 6.45) is 4.56. The number of hydrogen-bond acceptors (Lipinski definition) is 4. The van der Waals surface area contributed by atoms with Gasteiger partial charge in [0.25, 0.3) is 0 Å². The van der Waals surface area contributed by atoms with Crippen LogP contribution < -0.4 is 11.1 Å². The third kappa shape index (κ3) is 2.98. The van der Waals surface area contributed by atoms with Crippen LogP contribution in [0.2, 0.25) is 0 Å². The van der Waals surface area contributed by atoms with E-state index in [-0.39, 0.29) is 0 Å². The molecule has 0 amide bonds. The van der Waals surface area contributed by atoms with E-state index in [1.165, 1.54) is 0 Å². The SMILES string of the molecule is Nc1ccc(NCCCn2ccnn2)cc1. The lowest BCUT2D eigenvalue weighted by atomic mass is 10.3. The first kappa shape index (κ1) is 10.5. The van der Waals surface area contributed by atoms with Crippen LogP contribution >= 0.6 is 0 Å². The van der Waals surface area contributed by atoms with Crippen LogP contribution in [-0.2, 0) is 6.54 Å². The number of hydrogen-bond donors (Lipinski definition) is 2. The van der Waals surface area contributed by atoms with Crippen LogP contribution in [0, 0.1) is 0 Å². The molecule has 1 aromatic carbocycles. The fourth-order valence-electron chi connectivity index (χ4n) is 1.43. The van der Waals surface area contributed by atoms with Crippen molar-refractivity contribution in [3.63, 3.8) is 0 Å². The number of aryl methyl sites for hydroxylation is 1. The van der Waals surface area contributed by atoms with Crippen LogP contribution in [0.25, 0.3) is 0 Å². The molecule has 3 N–H and O–H groups in total. The van der Waals surface area contributed by atoms with E-state index in [4.69, 9.17) is 5.73 Å². The Morgan fingerprint density at radius 2 is 2.06 bits per heavy atom. The van der Waals surface area contributed by atoms with Gasteiger partial charge in [-0.1, -0.05) is 5.21 Å². The molecule has 84 valence electrons. The van der Waals surface area contributed by atoms with Gasteiger partial charge in [0.1, 0.15) is 0 Å². The van der Waals surface area contributed by atoms with Crippen molar-refractivity contribution in [1.82, 2.24) is 15.0 Å². The van der Waals surface area contributed by atoms with E-state index in [1.807, 2.05) is 35.1 Å². The van der Waals surface area contributed by atoms with Crippen molar-refractivity contribution >= 4 is 11.4 Å². The number of nitrogens with one attached hydrogen (secondary N) is 1. The Balaban J connectivity index is 1.70. The highest BCUT2D eigenvalue weighted by Crippen LogP contribution is 2.10. The van der Waals surface area contributed by atoms with E-state index in [1.54, 1.807) is 6.20 Å². The summed E-state index contributed by atoms with van der Waals surface area (Å²) in [5.41, 5.74) is 7.48. The molecule has 0 unspecified atom stereocenters. The molecule has 0 fully saturated rings. The Hall–Kier alpha value is -2.04. The lowest BCUT2D eigenvalue weighted by Crippen LogP contribution is -2.07. The summed E-state index contributed by atoms with van der Waals surface area (Å²) in [6, 6.07) is 7.73. The van der Waals surface area contributed by atoms with Gasteiger partial charge in [0, 0.05) is 30.7 Å². The molecule has 0 radical (unpaired) electrons. The molecule has 0 saturated carbocycles. The number of nitrogens with two attached hydrogens (primary N) is 1. The molecule has 1 heterocycles. The Morgan fingerprint density at radius 3 is 2.75 bits per heavy atom. The van der Waals surface area contributed by atoms with Crippen molar-refractivity contribution in [2.24, 2.45) is 0 Å². The van der Waals surface area contributed by atoms with Gasteiger partial charge in [-0.05, 0) is 30.7 Å². The molecule has 0 saturated heterocycles. The molecule has 0 bridgehead atoms. The fourth-order valence-corrected chi connectivity index (χ4v) is 1.43. The number of nitrogens with zero attached hydrogens (tertiary/aromatic N) is 3. The van der Waals surface area contributed by atoms with Crippen molar-refractivity contribution < 1.29 is 0 Å². The van der Waals surface area contributed by atoms with Crippen LogP contribution in [0.3, 0.4) is 0 Å². The first-order chi connectivity index (χ1) is 7.84. The van der Waals surface area contributed by atoms with Crippen LogP contribution in [0.15, 0.2) is 36.7 Å². The molecule has 2 rings (SSSR count). The second kappa shape index (κ2) is 5.16. The standard InChI is InChI=1S/C11H15N5/c12-10-2-4-11(5-3-10)13-6-1-8-16-9-7-14-15-16/h2-5,7,9,13H,1,6,8,12H2. The highest BCUT2D eigenvalue weighted by Gasteiger charge is 1.93. The smallest absolute Gasteiger partial charge is 0.0692 e. The van der Waals surface area contributed by atoms with Gasteiger partial charge in [-0.2, -0.15) is 0 Å². The zero-order chi connectivity index (χ0) is 11.2. The molecule has 0 atom stereocenters. The molecule has 0 aliphatic rings. The zero-order valence-corrected chi connectivity index (χ0v) is 9.00. The molecule has 0 aliphatic heterocycles. The maximum Gasteiger partial charge on any atom is 0.0692 e. The third-order valence-corrected chi connectivity index (χ3v) is 2.28. The van der Waals surface area contributed by atoms with Gasteiger partial charge < -0.3 is 11.1 Å². The van der Waals surface area contributed by atoms with Crippen LogP contribution in [0.4, 0.5) is 11.4 Å². The van der Waals surface area contributed by atoms with E-state index in [9.17, 15) is 0 Å². The molecule has 5 heteroatoms. The summed E-state index contributed by atoms with van der Waals surface area (Å²) in [5, 5.41) is 11.0. The molecule has 16 heavy (non-hydrogen) atoms. The minimum absolute atomic E-state index is 0.785. The monoisotopic (exact) mass is 217 g/mol. The zero-order valence-electron chi connectivity index (χ0n) is 9.00.